The molecule has 0 spiro atoms. The third-order valence-corrected chi connectivity index (χ3v) is 4.18. The number of rotatable bonds is 3. The van der Waals surface area contributed by atoms with Crippen LogP contribution in [-0.2, 0) is 11.3 Å². The Balaban J connectivity index is 2.21. The Kier molecular flexibility index (Phi) is 3.92. The minimum Gasteiger partial charge on any atom is -0.328 e. The fraction of sp³-hybridized carbons (Fsp3) is 0.786. The highest BCUT2D eigenvalue weighted by molar-refractivity contribution is 5.77. The number of amides is 1. The van der Waals surface area contributed by atoms with Gasteiger partial charge in [-0.2, -0.15) is 0 Å². The first kappa shape index (κ1) is 14.0. The van der Waals surface area contributed by atoms with Crippen LogP contribution >= 0.6 is 0 Å². The number of aryl methyl sites for hydroxylation is 1. The smallest absolute Gasteiger partial charge is 0.223 e. The molecule has 0 saturated carbocycles. The van der Waals surface area contributed by atoms with Crippen LogP contribution in [0.5, 0.6) is 0 Å². The molecule has 3 unspecified atom stereocenters. The topological polar surface area (TPSA) is 51.0 Å². The van der Waals surface area contributed by atoms with E-state index < -0.39 is 0 Å². The number of carbonyl (C=O) groups excluding carboxylic acids is 1. The fourth-order valence-electron chi connectivity index (χ4n) is 2.80. The summed E-state index contributed by atoms with van der Waals surface area (Å²) < 4.78 is 2.13. The van der Waals surface area contributed by atoms with E-state index in [0.717, 1.165) is 24.6 Å². The third-order valence-electron chi connectivity index (χ3n) is 4.18. The maximum atomic E-state index is 12.5. The average Bonchev–Trinajstić information content (AvgIpc) is 2.71. The van der Waals surface area contributed by atoms with E-state index in [-0.39, 0.29) is 18.0 Å². The molecule has 5 nitrogen and oxygen atoms in total. The lowest BCUT2D eigenvalue weighted by Gasteiger charge is -2.39. The van der Waals surface area contributed by atoms with Gasteiger partial charge in [0.15, 0.2) is 5.82 Å². The van der Waals surface area contributed by atoms with Crippen molar-refractivity contribution in [1.29, 1.82) is 0 Å². The predicted molar refractivity (Wildman–Crippen MR) is 73.6 cm³/mol. The van der Waals surface area contributed by atoms with Gasteiger partial charge in [0.05, 0.1) is 6.04 Å². The first-order valence-electron chi connectivity index (χ1n) is 7.16. The van der Waals surface area contributed by atoms with Gasteiger partial charge in [-0.05, 0) is 26.7 Å². The Bertz CT molecular complexity index is 468. The van der Waals surface area contributed by atoms with Crippen molar-refractivity contribution in [2.75, 3.05) is 0 Å². The molecule has 0 fully saturated rings. The zero-order valence-corrected chi connectivity index (χ0v) is 12.6. The van der Waals surface area contributed by atoms with Crippen molar-refractivity contribution in [1.82, 2.24) is 19.7 Å². The van der Waals surface area contributed by atoms with Gasteiger partial charge >= 0.3 is 0 Å². The van der Waals surface area contributed by atoms with Gasteiger partial charge in [-0.1, -0.05) is 20.3 Å². The van der Waals surface area contributed by atoms with Crippen LogP contribution in [0.15, 0.2) is 0 Å². The summed E-state index contributed by atoms with van der Waals surface area (Å²) in [5, 5.41) is 8.35. The molecule has 1 aromatic rings. The fourth-order valence-corrected chi connectivity index (χ4v) is 2.80. The molecule has 5 heteroatoms. The summed E-state index contributed by atoms with van der Waals surface area (Å²) in [6, 6.07) is 0.218. The van der Waals surface area contributed by atoms with Crippen molar-refractivity contribution in [3.05, 3.63) is 11.6 Å². The Labute approximate surface area is 115 Å². The lowest BCUT2D eigenvalue weighted by Crippen LogP contribution is -2.47. The van der Waals surface area contributed by atoms with Crippen molar-refractivity contribution in [2.45, 2.75) is 66.1 Å². The highest BCUT2D eigenvalue weighted by Crippen LogP contribution is 2.29. The molecule has 0 radical (unpaired) electrons. The van der Waals surface area contributed by atoms with Crippen molar-refractivity contribution < 1.29 is 4.79 Å². The molecule has 2 rings (SSSR count). The Hall–Kier alpha value is -1.39. The van der Waals surface area contributed by atoms with Crippen molar-refractivity contribution >= 4 is 5.91 Å². The van der Waals surface area contributed by atoms with E-state index in [4.69, 9.17) is 0 Å². The number of hydrogen-bond acceptors (Lipinski definition) is 3. The average molecular weight is 264 g/mol. The molecule has 3 atom stereocenters. The molecular weight excluding hydrogens is 240 g/mol. The van der Waals surface area contributed by atoms with Crippen LogP contribution in [0.25, 0.3) is 0 Å². The van der Waals surface area contributed by atoms with Gasteiger partial charge in [-0.15, -0.1) is 10.2 Å². The van der Waals surface area contributed by atoms with E-state index in [9.17, 15) is 4.79 Å². The SMILES string of the molecule is CCC(C)CC(=O)N1C(C)Cn2c(C)nnc2C1C. The molecule has 0 aliphatic carbocycles. The van der Waals surface area contributed by atoms with Gasteiger partial charge in [0, 0.05) is 19.0 Å². The van der Waals surface area contributed by atoms with Gasteiger partial charge in [0.25, 0.3) is 0 Å². The number of aromatic nitrogens is 3. The highest BCUT2D eigenvalue weighted by atomic mass is 16.2. The summed E-state index contributed by atoms with van der Waals surface area (Å²) in [7, 11) is 0. The molecule has 19 heavy (non-hydrogen) atoms. The molecule has 1 aromatic heterocycles. The van der Waals surface area contributed by atoms with Gasteiger partial charge < -0.3 is 9.47 Å². The van der Waals surface area contributed by atoms with Gasteiger partial charge in [-0.25, -0.2) is 0 Å². The maximum absolute atomic E-state index is 12.5. The van der Waals surface area contributed by atoms with Crippen LogP contribution in [0.1, 0.15) is 58.2 Å². The van der Waals surface area contributed by atoms with Gasteiger partial charge in [0.1, 0.15) is 5.82 Å². The van der Waals surface area contributed by atoms with E-state index in [1.165, 1.54) is 0 Å². The van der Waals surface area contributed by atoms with Crippen LogP contribution in [0, 0.1) is 12.8 Å². The summed E-state index contributed by atoms with van der Waals surface area (Å²) in [5.74, 6) is 2.52. The van der Waals surface area contributed by atoms with E-state index in [0.29, 0.717) is 12.3 Å². The molecule has 0 bridgehead atoms. The van der Waals surface area contributed by atoms with E-state index >= 15 is 0 Å². The Morgan fingerprint density at radius 1 is 1.42 bits per heavy atom. The van der Waals surface area contributed by atoms with Gasteiger partial charge in [-0.3, -0.25) is 4.79 Å². The summed E-state index contributed by atoms with van der Waals surface area (Å²) in [5.41, 5.74) is 0. The number of carbonyl (C=O) groups is 1. The Morgan fingerprint density at radius 3 is 2.74 bits per heavy atom. The zero-order chi connectivity index (χ0) is 14.2. The van der Waals surface area contributed by atoms with Crippen molar-refractivity contribution in [3.8, 4) is 0 Å². The first-order chi connectivity index (χ1) is 8.95. The van der Waals surface area contributed by atoms with Crippen molar-refractivity contribution in [3.63, 3.8) is 0 Å². The second-order valence-electron chi connectivity index (χ2n) is 5.76. The molecular formula is C14H24N4O. The summed E-state index contributed by atoms with van der Waals surface area (Å²) in [4.78, 5) is 14.5. The quantitative estimate of drug-likeness (QED) is 0.842. The number of fused-ring (bicyclic) bond motifs is 1. The van der Waals surface area contributed by atoms with E-state index in [1.54, 1.807) is 0 Å². The molecule has 0 saturated heterocycles. The second-order valence-corrected chi connectivity index (χ2v) is 5.76. The maximum Gasteiger partial charge on any atom is 0.223 e. The second kappa shape index (κ2) is 5.31. The summed E-state index contributed by atoms with van der Waals surface area (Å²) in [6.45, 7) is 11.2. The molecule has 106 valence electrons. The van der Waals surface area contributed by atoms with Crippen LogP contribution in [0.4, 0.5) is 0 Å². The van der Waals surface area contributed by atoms with Crippen LogP contribution in [-0.4, -0.2) is 31.6 Å². The largest absolute Gasteiger partial charge is 0.328 e. The molecule has 0 N–H and O–H groups in total. The van der Waals surface area contributed by atoms with E-state index in [2.05, 4.69) is 35.5 Å². The normalized spacial score (nSPS) is 24.2. The standard InChI is InChI=1S/C14H24N4O/c1-6-9(2)7-13(19)18-10(3)8-17-12(5)15-16-14(17)11(18)4/h9-11H,6-8H2,1-5H3. The predicted octanol–water partition coefficient (Wildman–Crippen LogP) is 2.31. The first-order valence-corrected chi connectivity index (χ1v) is 7.16. The molecule has 2 heterocycles. The molecule has 1 aliphatic rings. The zero-order valence-electron chi connectivity index (χ0n) is 12.6. The summed E-state index contributed by atoms with van der Waals surface area (Å²) >= 11 is 0. The Morgan fingerprint density at radius 2 is 2.11 bits per heavy atom. The third kappa shape index (κ3) is 2.51. The minimum absolute atomic E-state index is 0.0153. The van der Waals surface area contributed by atoms with Gasteiger partial charge in [0.2, 0.25) is 5.91 Å². The highest BCUT2D eigenvalue weighted by Gasteiger charge is 2.35. The van der Waals surface area contributed by atoms with Crippen LogP contribution in [0.3, 0.4) is 0 Å². The van der Waals surface area contributed by atoms with Crippen LogP contribution < -0.4 is 0 Å². The molecule has 1 amide bonds. The lowest BCUT2D eigenvalue weighted by atomic mass is 10.0. The monoisotopic (exact) mass is 264 g/mol. The number of hydrogen-bond donors (Lipinski definition) is 0. The molecule has 0 aromatic carbocycles. The minimum atomic E-state index is 0.0153. The van der Waals surface area contributed by atoms with Crippen molar-refractivity contribution in [2.24, 2.45) is 5.92 Å². The number of nitrogens with zero attached hydrogens (tertiary/aromatic N) is 4. The van der Waals surface area contributed by atoms with Crippen LogP contribution in [0.2, 0.25) is 0 Å². The van der Waals surface area contributed by atoms with E-state index in [1.807, 2.05) is 18.7 Å². The lowest BCUT2D eigenvalue weighted by molar-refractivity contribution is -0.138. The summed E-state index contributed by atoms with van der Waals surface area (Å²) in [6.07, 6.45) is 1.66. The molecule has 1 aliphatic heterocycles.